The molecule has 0 radical (unpaired) electrons. The molecule has 3 N–H and O–H groups in total. The van der Waals surface area contributed by atoms with Gasteiger partial charge in [-0.1, -0.05) is 0 Å². The lowest BCUT2D eigenvalue weighted by Gasteiger charge is -2.15. The Hall–Kier alpha value is -1.57. The van der Waals surface area contributed by atoms with Gasteiger partial charge in [0.15, 0.2) is 9.84 Å². The summed E-state index contributed by atoms with van der Waals surface area (Å²) < 4.78 is 22.3. The quantitative estimate of drug-likeness (QED) is 0.668. The predicted molar refractivity (Wildman–Crippen MR) is 67.1 cm³/mol. The molecule has 1 heterocycles. The Morgan fingerprint density at radius 1 is 1.21 bits per heavy atom. The van der Waals surface area contributed by atoms with E-state index in [0.717, 1.165) is 5.41 Å². The molecule has 0 saturated heterocycles. The average molecular weight is 288 g/mol. The second kappa shape index (κ2) is 5.20. The molecule has 0 bridgehead atoms. The number of sulfone groups is 1. The number of urea groups is 1. The normalized spacial score (nSPS) is 32.1. The summed E-state index contributed by atoms with van der Waals surface area (Å²) in [6.07, 6.45) is 3.03. The van der Waals surface area contributed by atoms with Gasteiger partial charge >= 0.3 is 12.0 Å². The monoisotopic (exact) mass is 288 g/mol. The van der Waals surface area contributed by atoms with E-state index in [1.165, 1.54) is 6.08 Å². The first kappa shape index (κ1) is 13.9. The fraction of sp³-hybridized carbons (Fsp3) is 0.636. The molecule has 0 aromatic rings. The molecular weight excluding hydrogens is 272 g/mol. The van der Waals surface area contributed by atoms with Gasteiger partial charge < -0.3 is 15.7 Å². The van der Waals surface area contributed by atoms with Crippen LogP contribution < -0.4 is 10.6 Å². The van der Waals surface area contributed by atoms with Crippen LogP contribution in [-0.2, 0) is 14.6 Å². The molecule has 1 saturated carbocycles. The second-order valence-corrected chi connectivity index (χ2v) is 6.86. The molecule has 3 atom stereocenters. The number of carbonyl (C=O) groups is 2. The van der Waals surface area contributed by atoms with Gasteiger partial charge in [-0.3, -0.25) is 4.79 Å². The van der Waals surface area contributed by atoms with Crippen LogP contribution in [0.1, 0.15) is 19.3 Å². The van der Waals surface area contributed by atoms with Crippen LogP contribution in [0.25, 0.3) is 0 Å². The van der Waals surface area contributed by atoms with Gasteiger partial charge in [-0.05, 0) is 25.3 Å². The van der Waals surface area contributed by atoms with Crippen LogP contribution in [0, 0.1) is 5.92 Å². The van der Waals surface area contributed by atoms with Crippen LogP contribution in [0.15, 0.2) is 11.5 Å². The smallest absolute Gasteiger partial charge is 0.315 e. The third kappa shape index (κ3) is 3.69. The molecule has 7 nitrogen and oxygen atoms in total. The highest BCUT2D eigenvalue weighted by atomic mass is 32.2. The summed E-state index contributed by atoms with van der Waals surface area (Å²) in [5, 5.41) is 15.2. The fourth-order valence-electron chi connectivity index (χ4n) is 2.40. The summed E-state index contributed by atoms with van der Waals surface area (Å²) >= 11 is 0. The number of carboxylic acid groups (broad SMARTS) is 1. The Morgan fingerprint density at radius 2 is 1.95 bits per heavy atom. The predicted octanol–water partition coefficient (Wildman–Crippen LogP) is -0.150. The van der Waals surface area contributed by atoms with E-state index in [9.17, 15) is 18.0 Å². The maximum atomic E-state index is 11.6. The summed E-state index contributed by atoms with van der Waals surface area (Å²) in [7, 11) is -3.19. The number of nitrogens with one attached hydrogen (secondary N) is 2. The summed E-state index contributed by atoms with van der Waals surface area (Å²) in [6, 6.07) is -1.13. The summed E-state index contributed by atoms with van der Waals surface area (Å²) in [5.74, 6) is -1.37. The zero-order valence-corrected chi connectivity index (χ0v) is 11.0. The molecule has 0 aromatic heterocycles. The molecule has 1 aliphatic carbocycles. The van der Waals surface area contributed by atoms with Gasteiger partial charge in [0.25, 0.3) is 0 Å². The highest BCUT2D eigenvalue weighted by Gasteiger charge is 2.31. The zero-order valence-electron chi connectivity index (χ0n) is 10.2. The third-order valence-corrected chi connectivity index (χ3v) is 4.76. The number of carbonyl (C=O) groups excluding carboxylic acids is 1. The maximum Gasteiger partial charge on any atom is 0.315 e. The summed E-state index contributed by atoms with van der Waals surface area (Å²) in [6.45, 7) is 0. The number of hydrogen-bond donors (Lipinski definition) is 3. The Morgan fingerprint density at radius 3 is 2.47 bits per heavy atom. The lowest BCUT2D eigenvalue weighted by atomic mass is 10.1. The summed E-state index contributed by atoms with van der Waals surface area (Å²) in [5.41, 5.74) is 0. The zero-order chi connectivity index (χ0) is 14.0. The highest BCUT2D eigenvalue weighted by molar-refractivity contribution is 7.94. The minimum atomic E-state index is -3.19. The third-order valence-electron chi connectivity index (χ3n) is 3.36. The Balaban J connectivity index is 1.77. The van der Waals surface area contributed by atoms with E-state index in [-0.39, 0.29) is 11.8 Å². The van der Waals surface area contributed by atoms with E-state index in [2.05, 4.69) is 10.6 Å². The maximum absolute atomic E-state index is 11.6. The number of aliphatic carboxylic acids is 1. The van der Waals surface area contributed by atoms with Crippen molar-refractivity contribution in [1.82, 2.24) is 10.6 Å². The molecule has 2 aliphatic rings. The standard InChI is InChI=1S/C11H16N2O5S/c14-10(15)7-1-2-8(5-7)12-11(16)13-9-3-4-19(17,18)6-9/h3-4,7-9H,1-2,5-6H2,(H,14,15)(H2,12,13,16)/t7-,8+,9?/m1/s1. The van der Waals surface area contributed by atoms with Crippen LogP contribution in [0.5, 0.6) is 0 Å². The first-order valence-electron chi connectivity index (χ1n) is 6.06. The lowest BCUT2D eigenvalue weighted by Crippen LogP contribution is -2.46. The molecule has 0 spiro atoms. The Kier molecular flexibility index (Phi) is 3.79. The van der Waals surface area contributed by atoms with Gasteiger partial charge in [0.1, 0.15) is 0 Å². The molecule has 2 amide bonds. The van der Waals surface area contributed by atoms with Crippen LogP contribution in [0.3, 0.4) is 0 Å². The van der Waals surface area contributed by atoms with Gasteiger partial charge in [-0.15, -0.1) is 0 Å². The number of carboxylic acids is 1. The van der Waals surface area contributed by atoms with E-state index in [1.807, 2.05) is 0 Å². The fourth-order valence-corrected chi connectivity index (χ4v) is 3.63. The van der Waals surface area contributed by atoms with Crippen LogP contribution in [0.2, 0.25) is 0 Å². The molecule has 19 heavy (non-hydrogen) atoms. The van der Waals surface area contributed by atoms with Crippen LogP contribution in [-0.4, -0.2) is 43.4 Å². The first-order chi connectivity index (χ1) is 8.85. The van der Waals surface area contributed by atoms with Crippen molar-refractivity contribution in [3.8, 4) is 0 Å². The van der Waals surface area contributed by atoms with Gasteiger partial charge in [0.2, 0.25) is 0 Å². The van der Waals surface area contributed by atoms with Crippen molar-refractivity contribution < 1.29 is 23.1 Å². The molecule has 8 heteroatoms. The van der Waals surface area contributed by atoms with Gasteiger partial charge in [0.05, 0.1) is 17.7 Å². The summed E-state index contributed by atoms with van der Waals surface area (Å²) in [4.78, 5) is 22.4. The minimum Gasteiger partial charge on any atom is -0.481 e. The lowest BCUT2D eigenvalue weighted by molar-refractivity contribution is -0.141. The molecular formula is C11H16N2O5S. The van der Waals surface area contributed by atoms with Crippen molar-refractivity contribution in [3.63, 3.8) is 0 Å². The van der Waals surface area contributed by atoms with Gasteiger partial charge in [-0.25, -0.2) is 13.2 Å². The average Bonchev–Trinajstić information content (AvgIpc) is 2.85. The number of amides is 2. The Bertz CT molecular complexity index is 513. The van der Waals surface area contributed by atoms with Crippen LogP contribution >= 0.6 is 0 Å². The highest BCUT2D eigenvalue weighted by Crippen LogP contribution is 2.25. The van der Waals surface area contributed by atoms with E-state index >= 15 is 0 Å². The minimum absolute atomic E-state index is 0.122. The van der Waals surface area contributed by atoms with E-state index in [0.29, 0.717) is 19.3 Å². The van der Waals surface area contributed by atoms with Gasteiger partial charge in [0, 0.05) is 11.4 Å². The van der Waals surface area contributed by atoms with E-state index in [1.54, 1.807) is 0 Å². The molecule has 2 rings (SSSR count). The molecule has 1 unspecified atom stereocenters. The number of hydrogen-bond acceptors (Lipinski definition) is 4. The van der Waals surface area contributed by atoms with Crippen LogP contribution in [0.4, 0.5) is 4.79 Å². The van der Waals surface area contributed by atoms with Crippen molar-refractivity contribution in [2.24, 2.45) is 5.92 Å². The largest absolute Gasteiger partial charge is 0.481 e. The van der Waals surface area contributed by atoms with Gasteiger partial charge in [-0.2, -0.15) is 0 Å². The Labute approximate surface area is 111 Å². The molecule has 1 fully saturated rings. The van der Waals surface area contributed by atoms with Crippen molar-refractivity contribution in [3.05, 3.63) is 11.5 Å². The van der Waals surface area contributed by atoms with Crippen molar-refractivity contribution in [2.75, 3.05) is 5.75 Å². The van der Waals surface area contributed by atoms with Crippen molar-refractivity contribution in [1.29, 1.82) is 0 Å². The topological polar surface area (TPSA) is 113 Å². The first-order valence-corrected chi connectivity index (χ1v) is 7.78. The number of rotatable bonds is 3. The van der Waals surface area contributed by atoms with Crippen molar-refractivity contribution >= 4 is 21.8 Å². The molecule has 1 aliphatic heterocycles. The molecule has 0 aromatic carbocycles. The van der Waals surface area contributed by atoms with E-state index < -0.39 is 33.8 Å². The molecule has 106 valence electrons. The SMILES string of the molecule is O=C(NC1C=CS(=O)(=O)C1)N[C@H]1CC[C@@H](C(=O)O)C1. The second-order valence-electron chi connectivity index (χ2n) is 4.93. The van der Waals surface area contributed by atoms with Crippen molar-refractivity contribution in [2.45, 2.75) is 31.3 Å². The van der Waals surface area contributed by atoms with E-state index in [4.69, 9.17) is 5.11 Å².